The summed E-state index contributed by atoms with van der Waals surface area (Å²) in [5, 5.41) is 8.35. The van der Waals surface area contributed by atoms with E-state index in [-0.39, 0.29) is 5.57 Å². The van der Waals surface area contributed by atoms with E-state index >= 15 is 0 Å². The Morgan fingerprint density at radius 3 is 3.10 bits per heavy atom. The van der Waals surface area contributed by atoms with Crippen LogP contribution in [0.5, 0.6) is 0 Å². The maximum atomic E-state index is 12.6. The Bertz CT molecular complexity index is 253. The van der Waals surface area contributed by atoms with Crippen molar-refractivity contribution in [1.82, 2.24) is 0 Å². The van der Waals surface area contributed by atoms with Gasteiger partial charge in [-0.3, -0.25) is 0 Å². The lowest BCUT2D eigenvalue weighted by Gasteiger charge is -1.87. The van der Waals surface area contributed by atoms with E-state index in [1.165, 1.54) is 12.2 Å². The van der Waals surface area contributed by atoms with E-state index in [9.17, 15) is 4.39 Å². The fourth-order valence-corrected chi connectivity index (χ4v) is 0.695. The van der Waals surface area contributed by atoms with Gasteiger partial charge in [0.1, 0.15) is 11.9 Å². The second kappa shape index (κ2) is 2.98. The minimum Gasteiger partial charge on any atom is -0.206 e. The molecule has 1 nitrogen and oxygen atoms in total. The topological polar surface area (TPSA) is 23.8 Å². The Labute approximate surface area is 58.8 Å². The maximum absolute atomic E-state index is 12.6. The quantitative estimate of drug-likeness (QED) is 0.499. The van der Waals surface area contributed by atoms with Crippen LogP contribution in [-0.2, 0) is 0 Å². The molecule has 2 heteroatoms. The fourth-order valence-electron chi connectivity index (χ4n) is 0.695. The van der Waals surface area contributed by atoms with Gasteiger partial charge in [0, 0.05) is 0 Å². The molecule has 0 spiro atoms. The first-order chi connectivity index (χ1) is 4.84. The molecule has 0 fully saturated rings. The van der Waals surface area contributed by atoms with Crippen molar-refractivity contribution in [3.8, 4) is 6.07 Å². The minimum atomic E-state index is -0.424. The van der Waals surface area contributed by atoms with Crippen molar-refractivity contribution in [1.29, 1.82) is 5.26 Å². The van der Waals surface area contributed by atoms with Crippen LogP contribution in [0.1, 0.15) is 6.42 Å². The van der Waals surface area contributed by atoms with Crippen LogP contribution in [0, 0.1) is 11.3 Å². The maximum Gasteiger partial charge on any atom is 0.137 e. The highest BCUT2D eigenvalue weighted by atomic mass is 19.1. The molecule has 0 bridgehead atoms. The first kappa shape index (κ1) is 6.76. The molecule has 0 N–H and O–H groups in total. The van der Waals surface area contributed by atoms with Crippen LogP contribution >= 0.6 is 0 Å². The van der Waals surface area contributed by atoms with E-state index < -0.39 is 5.83 Å². The number of halogens is 1. The highest BCUT2D eigenvalue weighted by Gasteiger charge is 2.01. The number of nitriles is 1. The second-order valence-corrected chi connectivity index (χ2v) is 1.91. The molecule has 50 valence electrons. The predicted molar refractivity (Wildman–Crippen MR) is 36.6 cm³/mol. The van der Waals surface area contributed by atoms with E-state index in [2.05, 4.69) is 0 Å². The molecule has 0 saturated heterocycles. The van der Waals surface area contributed by atoms with Crippen LogP contribution in [-0.4, -0.2) is 0 Å². The van der Waals surface area contributed by atoms with Crippen molar-refractivity contribution in [2.24, 2.45) is 0 Å². The van der Waals surface area contributed by atoms with Crippen molar-refractivity contribution >= 4 is 0 Å². The molecule has 0 atom stereocenters. The largest absolute Gasteiger partial charge is 0.206 e. The number of nitrogens with zero attached hydrogens (tertiary/aromatic N) is 1. The van der Waals surface area contributed by atoms with Crippen molar-refractivity contribution in [2.45, 2.75) is 6.42 Å². The average molecular weight is 135 g/mol. The third kappa shape index (κ3) is 1.32. The van der Waals surface area contributed by atoms with Crippen LogP contribution in [0.15, 0.2) is 35.7 Å². The number of rotatable bonds is 0. The van der Waals surface area contributed by atoms with Gasteiger partial charge < -0.3 is 0 Å². The zero-order valence-corrected chi connectivity index (χ0v) is 5.34. The lowest BCUT2D eigenvalue weighted by molar-refractivity contribution is 0.654. The van der Waals surface area contributed by atoms with Crippen LogP contribution in [0.25, 0.3) is 0 Å². The van der Waals surface area contributed by atoms with Gasteiger partial charge in [-0.15, -0.1) is 0 Å². The Morgan fingerprint density at radius 2 is 2.40 bits per heavy atom. The highest BCUT2D eigenvalue weighted by Crippen LogP contribution is 2.14. The zero-order chi connectivity index (χ0) is 7.40. The van der Waals surface area contributed by atoms with Crippen LogP contribution in [0.4, 0.5) is 4.39 Å². The highest BCUT2D eigenvalue weighted by molar-refractivity contribution is 5.41. The Morgan fingerprint density at radius 1 is 1.60 bits per heavy atom. The van der Waals surface area contributed by atoms with Gasteiger partial charge in [-0.1, -0.05) is 12.2 Å². The molecule has 0 amide bonds. The molecule has 0 aromatic heterocycles. The summed E-state index contributed by atoms with van der Waals surface area (Å²) in [5.74, 6) is -0.424. The molecule has 0 aromatic carbocycles. The van der Waals surface area contributed by atoms with Crippen molar-refractivity contribution in [3.05, 3.63) is 35.7 Å². The molecule has 0 aromatic rings. The smallest absolute Gasteiger partial charge is 0.137 e. The molecule has 0 aliphatic heterocycles. The molecule has 0 radical (unpaired) electrons. The van der Waals surface area contributed by atoms with Gasteiger partial charge in [-0.25, -0.2) is 4.39 Å². The number of allylic oxidation sites excluding steroid dienone is 6. The van der Waals surface area contributed by atoms with Crippen LogP contribution in [0.3, 0.4) is 0 Å². The molecule has 0 heterocycles. The minimum absolute atomic E-state index is 0.105. The van der Waals surface area contributed by atoms with E-state index in [1.807, 2.05) is 0 Å². The molecule has 1 aliphatic rings. The Hall–Kier alpha value is -1.36. The third-order valence-corrected chi connectivity index (χ3v) is 1.21. The molecular formula is C8H6FN. The zero-order valence-electron chi connectivity index (χ0n) is 5.34. The summed E-state index contributed by atoms with van der Waals surface area (Å²) in [7, 11) is 0. The third-order valence-electron chi connectivity index (χ3n) is 1.21. The van der Waals surface area contributed by atoms with Gasteiger partial charge >= 0.3 is 0 Å². The van der Waals surface area contributed by atoms with Crippen molar-refractivity contribution in [3.63, 3.8) is 0 Å². The summed E-state index contributed by atoms with van der Waals surface area (Å²) < 4.78 is 12.6. The van der Waals surface area contributed by atoms with Gasteiger partial charge in [-0.05, 0) is 18.6 Å². The average Bonchev–Trinajstić information content (AvgIpc) is 2.13. The van der Waals surface area contributed by atoms with Crippen LogP contribution in [0.2, 0.25) is 0 Å². The van der Waals surface area contributed by atoms with Gasteiger partial charge in [0.2, 0.25) is 0 Å². The first-order valence-electron chi connectivity index (χ1n) is 2.97. The summed E-state index contributed by atoms with van der Waals surface area (Å²) >= 11 is 0. The Kier molecular flexibility index (Phi) is 2.01. The second-order valence-electron chi connectivity index (χ2n) is 1.91. The van der Waals surface area contributed by atoms with Crippen LogP contribution < -0.4 is 0 Å². The lowest BCUT2D eigenvalue weighted by Crippen LogP contribution is -1.76. The summed E-state index contributed by atoms with van der Waals surface area (Å²) in [6, 6.07) is 1.76. The first-order valence-corrected chi connectivity index (χ1v) is 2.97. The summed E-state index contributed by atoms with van der Waals surface area (Å²) in [6.45, 7) is 0. The van der Waals surface area contributed by atoms with Gasteiger partial charge in [0.15, 0.2) is 0 Å². The van der Waals surface area contributed by atoms with Crippen molar-refractivity contribution < 1.29 is 4.39 Å². The monoisotopic (exact) mass is 135 g/mol. The lowest BCUT2D eigenvalue weighted by atomic mass is 10.2. The fraction of sp³-hybridized carbons (Fsp3) is 0.125. The molecular weight excluding hydrogens is 129 g/mol. The normalized spacial score (nSPS) is 16.8. The van der Waals surface area contributed by atoms with E-state index in [0.29, 0.717) is 6.42 Å². The molecule has 10 heavy (non-hydrogen) atoms. The molecule has 1 aliphatic carbocycles. The Balaban J connectivity index is 2.96. The van der Waals surface area contributed by atoms with E-state index in [4.69, 9.17) is 5.26 Å². The summed E-state index contributed by atoms with van der Waals surface area (Å²) in [4.78, 5) is 0. The van der Waals surface area contributed by atoms with Gasteiger partial charge in [-0.2, -0.15) is 5.26 Å². The van der Waals surface area contributed by atoms with E-state index in [1.54, 1.807) is 18.2 Å². The predicted octanol–water partition coefficient (Wildman–Crippen LogP) is 2.25. The number of hydrogen-bond acceptors (Lipinski definition) is 1. The summed E-state index contributed by atoms with van der Waals surface area (Å²) in [6.07, 6.45) is 6.90. The van der Waals surface area contributed by atoms with Gasteiger partial charge in [0.05, 0.1) is 5.57 Å². The summed E-state index contributed by atoms with van der Waals surface area (Å²) in [5.41, 5.74) is 0.105. The number of hydrogen-bond donors (Lipinski definition) is 0. The van der Waals surface area contributed by atoms with Gasteiger partial charge in [0.25, 0.3) is 0 Å². The van der Waals surface area contributed by atoms with E-state index in [0.717, 1.165) is 0 Å². The molecule has 1 rings (SSSR count). The van der Waals surface area contributed by atoms with Crippen molar-refractivity contribution in [2.75, 3.05) is 0 Å². The SMILES string of the molecule is N#CC1=CC=CCC=C1F. The molecule has 0 unspecified atom stereocenters. The molecule has 0 saturated carbocycles. The standard InChI is InChI=1S/C8H6FN/c9-8-5-3-1-2-4-7(8)6-10/h1-2,4-5H,3H2.